The van der Waals surface area contributed by atoms with Crippen LogP contribution in [0, 0.1) is 15.5 Å². The van der Waals surface area contributed by atoms with Crippen LogP contribution in [0.3, 0.4) is 0 Å². The molecule has 0 saturated heterocycles. The zero-order chi connectivity index (χ0) is 33.7. The number of amides is 5. The van der Waals surface area contributed by atoms with Crippen molar-refractivity contribution in [3.8, 4) is 0 Å². The predicted molar refractivity (Wildman–Crippen MR) is 167 cm³/mol. The molecule has 4 aromatic rings. The van der Waals surface area contributed by atoms with Crippen LogP contribution in [0.4, 0.5) is 22.7 Å². The number of aryl methyl sites for hydroxylation is 3. The molecule has 17 nitrogen and oxygen atoms in total. The second-order valence-corrected chi connectivity index (χ2v) is 10.1. The highest BCUT2D eigenvalue weighted by molar-refractivity contribution is 6.26. The Morgan fingerprint density at radius 1 is 0.891 bits per heavy atom. The van der Waals surface area contributed by atoms with Gasteiger partial charge in [-0.25, -0.2) is 4.90 Å². The first-order valence-electron chi connectivity index (χ1n) is 13.6. The van der Waals surface area contributed by atoms with Crippen molar-refractivity contribution in [2.45, 2.75) is 6.42 Å². The standard InChI is InChI=1S/C29H30N10O7/c1-35-13-18(33-16-40)10-22(35)27(42)34-19-11-24(36(2)14-19)29(44)38(28(43)17-4-6-20(7-5-17)39(45)46)21-12-23(37(3)15-21)26(41)32-9-8-25(30)31/h4-7,10-16H,8-9H2,1-3H3,(H3,30,31)(H,32,41)(H,33,40)(H,34,42). The molecule has 4 rings (SSSR count). The Kier molecular flexibility index (Phi) is 9.45. The van der Waals surface area contributed by atoms with Crippen LogP contribution >= 0.6 is 0 Å². The maximum atomic E-state index is 14.1. The predicted octanol–water partition coefficient (Wildman–Crippen LogP) is 1.97. The van der Waals surface area contributed by atoms with Gasteiger partial charge >= 0.3 is 0 Å². The van der Waals surface area contributed by atoms with Crippen LogP contribution in [0.1, 0.15) is 48.2 Å². The lowest BCUT2D eigenvalue weighted by atomic mass is 10.1. The maximum Gasteiger partial charge on any atom is 0.282 e. The van der Waals surface area contributed by atoms with E-state index in [4.69, 9.17) is 11.1 Å². The van der Waals surface area contributed by atoms with Gasteiger partial charge < -0.3 is 35.4 Å². The number of carbonyl (C=O) groups is 5. The summed E-state index contributed by atoms with van der Waals surface area (Å²) < 4.78 is 4.31. The minimum atomic E-state index is -0.833. The van der Waals surface area contributed by atoms with Gasteiger partial charge in [-0.3, -0.25) is 39.5 Å². The number of aromatic nitrogens is 3. The first-order chi connectivity index (χ1) is 21.8. The van der Waals surface area contributed by atoms with E-state index in [2.05, 4.69) is 16.0 Å². The van der Waals surface area contributed by atoms with Gasteiger partial charge in [-0.1, -0.05) is 0 Å². The molecule has 0 spiro atoms. The average molecular weight is 631 g/mol. The van der Waals surface area contributed by atoms with Crippen molar-refractivity contribution in [1.82, 2.24) is 19.0 Å². The SMILES string of the molecule is Cn1cc(N(C(=O)c2ccc([N+](=O)[O-])cc2)C(=O)c2cc(NC(=O)c3cc(NC=O)cn3C)cn2C)cc1C(=O)NCCC(=N)N. The molecule has 0 aliphatic rings. The molecular weight excluding hydrogens is 600 g/mol. The van der Waals surface area contributed by atoms with E-state index in [9.17, 15) is 34.1 Å². The molecule has 0 bridgehead atoms. The summed E-state index contributed by atoms with van der Waals surface area (Å²) in [6.45, 7) is 0.0918. The Bertz CT molecular complexity index is 1870. The van der Waals surface area contributed by atoms with Gasteiger partial charge in [0.25, 0.3) is 29.3 Å². The molecule has 0 unspecified atom stereocenters. The molecule has 1 aromatic carbocycles. The Hall–Kier alpha value is -6.52. The number of nitrogens with two attached hydrogens (primary N) is 1. The molecular formula is C29H30N10O7. The van der Waals surface area contributed by atoms with Crippen molar-refractivity contribution in [2.24, 2.45) is 26.9 Å². The van der Waals surface area contributed by atoms with Crippen LogP contribution < -0.4 is 26.6 Å². The molecule has 46 heavy (non-hydrogen) atoms. The molecule has 17 heteroatoms. The Morgan fingerprint density at radius 3 is 2.11 bits per heavy atom. The summed E-state index contributed by atoms with van der Waals surface area (Å²) in [5.41, 5.74) is 6.01. The van der Waals surface area contributed by atoms with E-state index < -0.39 is 28.6 Å². The van der Waals surface area contributed by atoms with Gasteiger partial charge in [0.15, 0.2) is 0 Å². The van der Waals surface area contributed by atoms with Crippen molar-refractivity contribution >= 4 is 58.6 Å². The number of carbonyl (C=O) groups excluding carboxylic acids is 5. The molecule has 3 aromatic heterocycles. The second-order valence-electron chi connectivity index (χ2n) is 10.1. The smallest absolute Gasteiger partial charge is 0.282 e. The monoisotopic (exact) mass is 630 g/mol. The maximum absolute atomic E-state index is 14.1. The molecule has 3 heterocycles. The third kappa shape index (κ3) is 6.99. The number of benzene rings is 1. The van der Waals surface area contributed by atoms with E-state index in [0.29, 0.717) is 12.1 Å². The van der Waals surface area contributed by atoms with Gasteiger partial charge in [0.1, 0.15) is 17.1 Å². The topological polar surface area (TPSA) is 232 Å². The van der Waals surface area contributed by atoms with Gasteiger partial charge in [-0.15, -0.1) is 0 Å². The number of non-ortho nitro benzene ring substituents is 1. The fraction of sp³-hybridized carbons (Fsp3) is 0.172. The number of anilines is 3. The molecule has 6 N–H and O–H groups in total. The van der Waals surface area contributed by atoms with Gasteiger partial charge in [0, 0.05) is 70.4 Å². The van der Waals surface area contributed by atoms with Crippen molar-refractivity contribution in [2.75, 3.05) is 22.1 Å². The Morgan fingerprint density at radius 2 is 1.48 bits per heavy atom. The second kappa shape index (κ2) is 13.4. The van der Waals surface area contributed by atoms with Crippen molar-refractivity contribution in [1.29, 1.82) is 5.41 Å². The number of nitro groups is 1. The zero-order valence-corrected chi connectivity index (χ0v) is 24.9. The highest BCUT2D eigenvalue weighted by Gasteiger charge is 2.31. The lowest BCUT2D eigenvalue weighted by molar-refractivity contribution is -0.384. The lowest BCUT2D eigenvalue weighted by Gasteiger charge is -2.20. The van der Waals surface area contributed by atoms with Crippen LogP contribution in [-0.2, 0) is 25.9 Å². The van der Waals surface area contributed by atoms with E-state index in [1.54, 1.807) is 13.2 Å². The normalized spacial score (nSPS) is 10.6. The van der Waals surface area contributed by atoms with E-state index in [1.165, 1.54) is 70.5 Å². The van der Waals surface area contributed by atoms with E-state index >= 15 is 0 Å². The summed E-state index contributed by atoms with van der Waals surface area (Å²) in [4.78, 5) is 75.8. The number of rotatable bonds is 12. The molecule has 0 fully saturated rings. The number of nitrogens with one attached hydrogen (secondary N) is 4. The van der Waals surface area contributed by atoms with Gasteiger partial charge in [0.2, 0.25) is 6.41 Å². The fourth-order valence-corrected chi connectivity index (χ4v) is 4.57. The number of imide groups is 1. The number of hydrogen-bond donors (Lipinski definition) is 5. The number of amidine groups is 1. The molecule has 0 atom stereocenters. The van der Waals surface area contributed by atoms with Crippen LogP contribution in [-0.4, -0.2) is 61.0 Å². The summed E-state index contributed by atoms with van der Waals surface area (Å²) in [5, 5.41) is 26.2. The van der Waals surface area contributed by atoms with E-state index in [0.717, 1.165) is 17.0 Å². The van der Waals surface area contributed by atoms with Crippen molar-refractivity contribution in [3.63, 3.8) is 0 Å². The molecule has 0 aliphatic heterocycles. The average Bonchev–Trinajstić information content (AvgIpc) is 3.68. The third-order valence-corrected chi connectivity index (χ3v) is 6.84. The summed E-state index contributed by atoms with van der Waals surface area (Å²) in [6.07, 6.45) is 5.01. The number of nitrogens with zero attached hydrogens (tertiary/aromatic N) is 5. The van der Waals surface area contributed by atoms with Gasteiger partial charge in [-0.2, -0.15) is 0 Å². The highest BCUT2D eigenvalue weighted by atomic mass is 16.6. The lowest BCUT2D eigenvalue weighted by Crippen LogP contribution is -2.37. The number of nitro benzene ring substituents is 1. The summed E-state index contributed by atoms with van der Waals surface area (Å²) in [6, 6.07) is 8.84. The summed E-state index contributed by atoms with van der Waals surface area (Å²) in [7, 11) is 4.69. The van der Waals surface area contributed by atoms with Crippen LogP contribution in [0.5, 0.6) is 0 Å². The Balaban J connectivity index is 1.68. The van der Waals surface area contributed by atoms with Crippen LogP contribution in [0.15, 0.2) is 61.1 Å². The van der Waals surface area contributed by atoms with Crippen molar-refractivity contribution < 1.29 is 28.9 Å². The molecule has 5 amide bonds. The quantitative estimate of drug-likeness (QED) is 0.0387. The van der Waals surface area contributed by atoms with Crippen LogP contribution in [0.2, 0.25) is 0 Å². The molecule has 238 valence electrons. The first-order valence-corrected chi connectivity index (χ1v) is 13.6. The van der Waals surface area contributed by atoms with Gasteiger partial charge in [0.05, 0.1) is 27.8 Å². The van der Waals surface area contributed by atoms with E-state index in [1.807, 2.05) is 0 Å². The minimum Gasteiger partial charge on any atom is -0.388 e. The number of hydrogen-bond acceptors (Lipinski definition) is 8. The van der Waals surface area contributed by atoms with Crippen molar-refractivity contribution in [3.05, 3.63) is 93.8 Å². The summed E-state index contributed by atoms with van der Waals surface area (Å²) >= 11 is 0. The van der Waals surface area contributed by atoms with Crippen LogP contribution in [0.25, 0.3) is 0 Å². The molecule has 0 radical (unpaired) electrons. The molecule has 0 saturated carbocycles. The third-order valence-electron chi connectivity index (χ3n) is 6.84. The highest BCUT2D eigenvalue weighted by Crippen LogP contribution is 2.26. The first kappa shape index (κ1) is 32.4. The Labute approximate surface area is 261 Å². The molecule has 0 aliphatic carbocycles. The van der Waals surface area contributed by atoms with Gasteiger partial charge in [-0.05, 0) is 30.3 Å². The summed E-state index contributed by atoms with van der Waals surface area (Å²) in [5.74, 6) is -2.84. The zero-order valence-electron chi connectivity index (χ0n) is 24.9. The minimum absolute atomic E-state index is 0.0166. The van der Waals surface area contributed by atoms with E-state index in [-0.39, 0.29) is 58.5 Å². The largest absolute Gasteiger partial charge is 0.388 e. The fourth-order valence-electron chi connectivity index (χ4n) is 4.57.